The summed E-state index contributed by atoms with van der Waals surface area (Å²) >= 11 is 5.88. The van der Waals surface area contributed by atoms with Gasteiger partial charge in [0.25, 0.3) is 5.91 Å². The summed E-state index contributed by atoms with van der Waals surface area (Å²) in [5.41, 5.74) is 4.41. The van der Waals surface area contributed by atoms with Crippen LogP contribution in [0, 0.1) is 13.8 Å². The van der Waals surface area contributed by atoms with Crippen LogP contribution in [0.1, 0.15) is 27.2 Å². The van der Waals surface area contributed by atoms with Crippen molar-refractivity contribution >= 4 is 29.0 Å². The van der Waals surface area contributed by atoms with Gasteiger partial charge in [0.1, 0.15) is 11.5 Å². The highest BCUT2D eigenvalue weighted by molar-refractivity contribution is 6.30. The van der Waals surface area contributed by atoms with E-state index in [2.05, 4.69) is 20.6 Å². The monoisotopic (exact) mass is 380 g/mol. The van der Waals surface area contributed by atoms with Gasteiger partial charge in [-0.2, -0.15) is 0 Å². The summed E-state index contributed by atoms with van der Waals surface area (Å²) in [6.07, 6.45) is 3.89. The average Bonchev–Trinajstić information content (AvgIpc) is 2.67. The first-order valence-electron chi connectivity index (χ1n) is 8.71. The lowest BCUT2D eigenvalue weighted by Crippen LogP contribution is -2.15. The molecule has 0 unspecified atom stereocenters. The predicted molar refractivity (Wildman–Crippen MR) is 110 cm³/mol. The van der Waals surface area contributed by atoms with Crippen molar-refractivity contribution in [3.63, 3.8) is 0 Å². The number of nitrogens with one attached hydrogen (secondary N) is 2. The van der Waals surface area contributed by atoms with Gasteiger partial charge in [-0.1, -0.05) is 35.9 Å². The Kier molecular flexibility index (Phi) is 6.04. The molecule has 0 aliphatic heterocycles. The quantitative estimate of drug-likeness (QED) is 0.653. The molecule has 3 rings (SSSR count). The molecule has 2 aromatic carbocycles. The number of benzene rings is 2. The summed E-state index contributed by atoms with van der Waals surface area (Å²) in [7, 11) is 0. The number of hydrogen-bond acceptors (Lipinski definition) is 4. The molecular formula is C21H21ClN4O. The molecule has 2 N–H and O–H groups in total. The van der Waals surface area contributed by atoms with E-state index in [9.17, 15) is 4.79 Å². The van der Waals surface area contributed by atoms with Gasteiger partial charge >= 0.3 is 0 Å². The van der Waals surface area contributed by atoms with E-state index in [0.29, 0.717) is 12.4 Å². The fraction of sp³-hybridized carbons (Fsp3) is 0.190. The van der Waals surface area contributed by atoms with Gasteiger partial charge in [-0.25, -0.2) is 9.97 Å². The molecule has 0 fully saturated rings. The molecular weight excluding hydrogens is 360 g/mol. The zero-order valence-electron chi connectivity index (χ0n) is 15.3. The molecule has 0 bridgehead atoms. The first-order chi connectivity index (χ1) is 13.0. The Labute approximate surface area is 163 Å². The number of hydrogen-bond donors (Lipinski definition) is 2. The highest BCUT2D eigenvalue weighted by Gasteiger charge is 2.10. The second kappa shape index (κ2) is 8.64. The standard InChI is InChI=1S/C21H21ClN4O/c1-14-4-3-5-18(15(14)2)26-21(27)19-12-25-20(13-24-19)23-11-10-16-6-8-17(22)9-7-16/h3-9,12-13H,10-11H2,1-2H3,(H,23,25)(H,26,27). The molecule has 1 heterocycles. The van der Waals surface area contributed by atoms with E-state index in [1.807, 2.05) is 56.3 Å². The van der Waals surface area contributed by atoms with E-state index in [1.165, 1.54) is 11.8 Å². The lowest BCUT2D eigenvalue weighted by molar-refractivity contribution is 0.102. The maximum Gasteiger partial charge on any atom is 0.275 e. The molecule has 138 valence electrons. The Hall–Kier alpha value is -2.92. The van der Waals surface area contributed by atoms with Crippen molar-refractivity contribution < 1.29 is 4.79 Å². The number of aryl methyl sites for hydroxylation is 1. The third-order valence-electron chi connectivity index (χ3n) is 4.37. The predicted octanol–water partition coefficient (Wildman–Crippen LogP) is 4.65. The Bertz CT molecular complexity index is 924. The van der Waals surface area contributed by atoms with Gasteiger partial charge in [-0.15, -0.1) is 0 Å². The van der Waals surface area contributed by atoms with Crippen LogP contribution in [0.4, 0.5) is 11.5 Å². The second-order valence-electron chi connectivity index (χ2n) is 6.29. The van der Waals surface area contributed by atoms with Crippen LogP contribution in [-0.4, -0.2) is 22.4 Å². The van der Waals surface area contributed by atoms with Gasteiger partial charge in [-0.05, 0) is 55.2 Å². The minimum absolute atomic E-state index is 0.274. The SMILES string of the molecule is Cc1cccc(NC(=O)c2cnc(NCCc3ccc(Cl)cc3)cn2)c1C. The lowest BCUT2D eigenvalue weighted by Gasteiger charge is -2.10. The van der Waals surface area contributed by atoms with Crippen LogP contribution in [0.15, 0.2) is 54.9 Å². The van der Waals surface area contributed by atoms with Crippen molar-refractivity contribution in [3.05, 3.63) is 82.3 Å². The average molecular weight is 381 g/mol. The van der Waals surface area contributed by atoms with E-state index >= 15 is 0 Å². The first kappa shape index (κ1) is 18.9. The second-order valence-corrected chi connectivity index (χ2v) is 6.73. The van der Waals surface area contributed by atoms with Crippen LogP contribution in [0.25, 0.3) is 0 Å². The first-order valence-corrected chi connectivity index (χ1v) is 9.08. The van der Waals surface area contributed by atoms with Gasteiger partial charge in [0.15, 0.2) is 0 Å². The normalized spacial score (nSPS) is 10.5. The lowest BCUT2D eigenvalue weighted by atomic mass is 10.1. The van der Waals surface area contributed by atoms with Crippen molar-refractivity contribution in [2.45, 2.75) is 20.3 Å². The summed E-state index contributed by atoms with van der Waals surface area (Å²) in [6, 6.07) is 13.5. The number of carbonyl (C=O) groups is 1. The smallest absolute Gasteiger partial charge is 0.275 e. The summed E-state index contributed by atoms with van der Waals surface area (Å²) in [4.78, 5) is 20.9. The minimum Gasteiger partial charge on any atom is -0.368 e. The molecule has 3 aromatic rings. The fourth-order valence-corrected chi connectivity index (χ4v) is 2.72. The van der Waals surface area contributed by atoms with Crippen LogP contribution in [0.2, 0.25) is 5.02 Å². The highest BCUT2D eigenvalue weighted by atomic mass is 35.5. The Morgan fingerprint density at radius 3 is 2.52 bits per heavy atom. The van der Waals surface area contributed by atoms with Gasteiger partial charge in [0.05, 0.1) is 12.4 Å². The highest BCUT2D eigenvalue weighted by Crippen LogP contribution is 2.18. The third-order valence-corrected chi connectivity index (χ3v) is 4.62. The largest absolute Gasteiger partial charge is 0.368 e. The zero-order valence-corrected chi connectivity index (χ0v) is 16.0. The number of carbonyl (C=O) groups excluding carboxylic acids is 1. The summed E-state index contributed by atoms with van der Waals surface area (Å²) in [5, 5.41) is 6.81. The number of amides is 1. The van der Waals surface area contributed by atoms with E-state index < -0.39 is 0 Å². The maximum atomic E-state index is 12.4. The molecule has 1 amide bonds. The Morgan fingerprint density at radius 1 is 1.04 bits per heavy atom. The summed E-state index contributed by atoms with van der Waals surface area (Å²) in [5.74, 6) is 0.358. The van der Waals surface area contributed by atoms with Crippen LogP contribution in [0.3, 0.4) is 0 Å². The van der Waals surface area contributed by atoms with Gasteiger partial charge in [-0.3, -0.25) is 4.79 Å². The van der Waals surface area contributed by atoms with Crippen LogP contribution >= 0.6 is 11.6 Å². The summed E-state index contributed by atoms with van der Waals surface area (Å²) in [6.45, 7) is 4.70. The van der Waals surface area contributed by atoms with Crippen LogP contribution in [-0.2, 0) is 6.42 Å². The van der Waals surface area contributed by atoms with Crippen LogP contribution < -0.4 is 10.6 Å². The van der Waals surface area contributed by atoms with Crippen LogP contribution in [0.5, 0.6) is 0 Å². The number of nitrogens with zero attached hydrogens (tertiary/aromatic N) is 2. The topological polar surface area (TPSA) is 66.9 Å². The molecule has 5 nitrogen and oxygen atoms in total. The minimum atomic E-state index is -0.274. The van der Waals surface area contributed by atoms with E-state index in [0.717, 1.165) is 28.3 Å². The Morgan fingerprint density at radius 2 is 1.81 bits per heavy atom. The van der Waals surface area contributed by atoms with E-state index in [1.54, 1.807) is 6.20 Å². The Balaban J connectivity index is 1.55. The number of anilines is 2. The maximum absolute atomic E-state index is 12.4. The molecule has 6 heteroatoms. The van der Waals surface area contributed by atoms with E-state index in [4.69, 9.17) is 11.6 Å². The van der Waals surface area contributed by atoms with E-state index in [-0.39, 0.29) is 11.6 Å². The van der Waals surface area contributed by atoms with Crippen molar-refractivity contribution in [1.82, 2.24) is 9.97 Å². The molecule has 0 radical (unpaired) electrons. The summed E-state index contributed by atoms with van der Waals surface area (Å²) < 4.78 is 0. The molecule has 1 aromatic heterocycles. The van der Waals surface area contributed by atoms with Crippen molar-refractivity contribution in [1.29, 1.82) is 0 Å². The molecule has 0 spiro atoms. The zero-order chi connectivity index (χ0) is 19.2. The molecule has 0 aliphatic carbocycles. The molecule has 27 heavy (non-hydrogen) atoms. The van der Waals surface area contributed by atoms with Gasteiger partial charge < -0.3 is 10.6 Å². The third kappa shape index (κ3) is 5.05. The number of halogens is 1. The molecule has 0 atom stereocenters. The van der Waals surface area contributed by atoms with Crippen molar-refractivity contribution in [2.24, 2.45) is 0 Å². The molecule has 0 saturated heterocycles. The fourth-order valence-electron chi connectivity index (χ4n) is 2.60. The molecule has 0 saturated carbocycles. The van der Waals surface area contributed by atoms with Crippen molar-refractivity contribution in [3.8, 4) is 0 Å². The number of aromatic nitrogens is 2. The number of rotatable bonds is 6. The van der Waals surface area contributed by atoms with Gasteiger partial charge in [0, 0.05) is 17.3 Å². The molecule has 0 aliphatic rings. The van der Waals surface area contributed by atoms with Gasteiger partial charge in [0.2, 0.25) is 0 Å². The van der Waals surface area contributed by atoms with Crippen molar-refractivity contribution in [2.75, 3.05) is 17.2 Å².